The minimum Gasteiger partial charge on any atom is -0.649 e. The molecule has 1 N–H and O–H groups in total. The minimum absolute atomic E-state index is 0. The van der Waals surface area contributed by atoms with Gasteiger partial charge in [0.2, 0.25) is 11.0 Å². The maximum Gasteiger partial charge on any atom is 2.00 e. The number of nitrogens with zero attached hydrogens (tertiary/aromatic N) is 23. The summed E-state index contributed by atoms with van der Waals surface area (Å²) in [5, 5.41) is 40.0. The van der Waals surface area contributed by atoms with Crippen LogP contribution in [0.15, 0.2) is 328 Å². The van der Waals surface area contributed by atoms with Gasteiger partial charge in [-0.05, 0) is 125 Å². The van der Waals surface area contributed by atoms with Gasteiger partial charge in [0.05, 0.1) is 34.7 Å². The maximum atomic E-state index is 9.30. The van der Waals surface area contributed by atoms with E-state index < -0.39 is 0 Å². The third kappa shape index (κ3) is 16.0. The average molecular weight is 1770 g/mol. The van der Waals surface area contributed by atoms with E-state index in [4.69, 9.17) is 64.8 Å². The third-order valence-corrected chi connectivity index (χ3v) is 22.0. The van der Waals surface area contributed by atoms with Crippen molar-refractivity contribution in [2.75, 3.05) is 9.80 Å². The van der Waals surface area contributed by atoms with Gasteiger partial charge in [-0.3, -0.25) is 10.1 Å². The Hall–Kier alpha value is -18.1. The van der Waals surface area contributed by atoms with E-state index in [0.29, 0.717) is 45.9 Å². The molecule has 0 saturated carbocycles. The van der Waals surface area contributed by atoms with Gasteiger partial charge in [0.25, 0.3) is 17.2 Å². The Kier molecular flexibility index (Phi) is 23.3. The average Bonchev–Trinajstić information content (AvgIpc) is 1.02. The van der Waals surface area contributed by atoms with Gasteiger partial charge in [-0.25, -0.2) is 24.9 Å². The zero-order valence-corrected chi connectivity index (χ0v) is 71.7. The van der Waals surface area contributed by atoms with Gasteiger partial charge in [0, 0.05) is 89.9 Å². The van der Waals surface area contributed by atoms with Crippen molar-refractivity contribution in [1.82, 2.24) is 74.8 Å². The van der Waals surface area contributed by atoms with Crippen molar-refractivity contribution in [2.45, 2.75) is 0 Å². The van der Waals surface area contributed by atoms with E-state index in [2.05, 4.69) is 268 Å². The summed E-state index contributed by atoms with van der Waals surface area (Å²) in [5.74, 6) is 2.16. The molecule has 0 amide bonds. The first-order chi connectivity index (χ1) is 64.5. The van der Waals surface area contributed by atoms with E-state index in [0.717, 1.165) is 94.6 Å². The summed E-state index contributed by atoms with van der Waals surface area (Å²) < 4.78 is 10.9. The molecule has 0 unspecified atom stereocenters. The van der Waals surface area contributed by atoms with Crippen LogP contribution in [-0.2, 0) is 17.1 Å². The van der Waals surface area contributed by atoms with Gasteiger partial charge in [-0.15, -0.1) is 15.0 Å². The molecule has 614 valence electrons. The zero-order chi connectivity index (χ0) is 89.4. The van der Waals surface area contributed by atoms with E-state index in [-0.39, 0.29) is 84.7 Å². The van der Waals surface area contributed by atoms with E-state index in [9.17, 15) is 15.8 Å². The number of fused-ring (bicyclic) bond motifs is 29. The summed E-state index contributed by atoms with van der Waals surface area (Å²) >= 11 is 1.47. The van der Waals surface area contributed by atoms with Crippen LogP contribution in [-0.4, -0.2) is 81.4 Å². The standard InChI is InChI=1S/C44H32N2.C32H16N8.C18N12.C9H7NO.Al.Cu.H2NP.H/c1-3-17-37(18-4-1)45(43-23-11-15-35-13-7-9-21-41(35)43)39-29-25-33(26-30-39)34-27-31-40(32-28-34)46(38-19-5-2-6-20-38)44-24-12-16-36-14-8-10-22-42(36)44;1-2-10-18-17(9-1)25-33-26(18)38-28-21-13-5-6-14-22(21)30(35-28)40-32-24-16-8-7-15-23(24)31(36-32)39-29-20-12-4-3-11-19(20)27(34-29)37-25;1-22-16-9(6-21)27-12-10-11(26-8(5-20)7(4-19)25-10)14-15(13(12)28-16)30-18(24-3)17(23-2)29-14;11-8-5-1-3-7-4-2-6-10-9(7)8;;;1-2;/h1-32H;1-16H;;1-6,11H;;;1-2H;/q;-2;;;+1;+2;;/p-1/i/hD. The number of nitriles is 3. The molecule has 25 nitrogen and oxygen atoms in total. The van der Waals surface area contributed by atoms with Crippen LogP contribution in [0.4, 0.5) is 51.6 Å². The first-order valence-corrected chi connectivity index (χ1v) is 41.2. The Morgan fingerprint density at radius 2 is 0.634 bits per heavy atom. The van der Waals surface area contributed by atoms with E-state index in [1.54, 1.807) is 24.4 Å². The molecule has 0 aliphatic carbocycles. The second-order valence-corrected chi connectivity index (χ2v) is 29.3. The number of para-hydroxylation sites is 3. The first kappa shape index (κ1) is 82.5. The Morgan fingerprint density at radius 3 is 1.01 bits per heavy atom. The van der Waals surface area contributed by atoms with Crippen LogP contribution in [0.5, 0.6) is 5.75 Å². The number of hydrogen-bond acceptors (Lipinski definition) is 20. The van der Waals surface area contributed by atoms with Crippen LogP contribution >= 0.6 is 9.03 Å². The number of pyridine rings is 1. The van der Waals surface area contributed by atoms with Crippen molar-refractivity contribution in [1.29, 1.82) is 20.9 Å². The number of benzene rings is 14. The topological polar surface area (TPSA) is 320 Å². The molecular formula is C103H57AlCuN24OP. The minimum atomic E-state index is -0.298. The van der Waals surface area contributed by atoms with Crippen molar-refractivity contribution < 1.29 is 22.3 Å². The van der Waals surface area contributed by atoms with Crippen LogP contribution in [0.25, 0.3) is 181 Å². The largest absolute Gasteiger partial charge is 2.00 e. The fourth-order valence-electron chi connectivity index (χ4n) is 15.8. The number of rotatable bonds is 8. The molecule has 21 aromatic rings. The SMILES string of the molecule is [2H]N=P.[AlH][O]c1cccc2cccnc12.[C-]#[N+]c1nc2c(nc1C#N)c1nc(C#N)c(C#N)nc1c1nc([N+]#[C-])c([N+]#[C-])nc21.[Cu+2].c1ccc(N(c2ccc(-c3ccc(N(c4ccccc4)c4cccc5ccccc45)cc3)cc2)c2cccc3ccccc23)cc1.c1ccc2c(c1)-c1nc-2nc2[n-]c(nc3nc(nc4[n-]c(n1)c1ccccc41)-c1ccccc1-3)c1ccccc21. The van der Waals surface area contributed by atoms with Crippen molar-refractivity contribution in [3.05, 3.63) is 379 Å². The molecule has 2 aliphatic rings. The predicted octanol–water partition coefficient (Wildman–Crippen LogP) is 23.8. The molecule has 14 aromatic carbocycles. The molecule has 0 spiro atoms. The zero-order valence-electron chi connectivity index (χ0n) is 69.3. The molecule has 8 bridgehead atoms. The van der Waals surface area contributed by atoms with Crippen LogP contribution in [0.1, 0.15) is 17.1 Å². The van der Waals surface area contributed by atoms with Crippen LogP contribution < -0.4 is 23.6 Å². The summed E-state index contributed by atoms with van der Waals surface area (Å²) in [4.78, 5) is 82.5. The van der Waals surface area contributed by atoms with Gasteiger partial charge in [-0.1, -0.05) is 268 Å². The van der Waals surface area contributed by atoms with Crippen molar-refractivity contribution in [3.8, 4) is 80.6 Å². The summed E-state index contributed by atoms with van der Waals surface area (Å²) in [6, 6.07) is 116. The molecule has 0 fully saturated rings. The van der Waals surface area contributed by atoms with E-state index in [1.165, 1.54) is 49.3 Å². The Balaban J connectivity index is 0.000000124. The Morgan fingerprint density at radius 1 is 0.328 bits per heavy atom. The Bertz CT molecular complexity index is 7800. The van der Waals surface area contributed by atoms with Gasteiger partial charge in [-0.2, -0.15) is 15.8 Å². The van der Waals surface area contributed by atoms with E-state index in [1.807, 2.05) is 127 Å². The normalized spacial score (nSPS) is 10.8. The van der Waals surface area contributed by atoms with Gasteiger partial charge in [0.1, 0.15) is 46.0 Å². The first-order valence-electron chi connectivity index (χ1n) is 40.6. The van der Waals surface area contributed by atoms with Crippen LogP contribution in [0, 0.1) is 58.9 Å². The number of aromatic nitrogens is 15. The molecule has 2 aliphatic heterocycles. The molecule has 23 rings (SSSR count). The third-order valence-electron chi connectivity index (χ3n) is 21.7. The van der Waals surface area contributed by atoms with Crippen LogP contribution in [0.2, 0.25) is 1.41 Å². The van der Waals surface area contributed by atoms with Crippen molar-refractivity contribution >= 4 is 187 Å². The fourth-order valence-corrected chi connectivity index (χ4v) is 16.0. The monoisotopic (exact) mass is 1770 g/mol. The number of anilines is 6. The molecule has 9 heterocycles. The quantitative estimate of drug-likeness (QED) is 0.0639. The molecule has 28 heteroatoms. The molecular weight excluding hydrogens is 1710 g/mol. The van der Waals surface area contributed by atoms with Crippen molar-refractivity contribution in [3.63, 3.8) is 0 Å². The van der Waals surface area contributed by atoms with E-state index >= 15 is 0 Å². The van der Waals surface area contributed by atoms with Gasteiger partial charge < -0.3 is 58.0 Å². The van der Waals surface area contributed by atoms with Crippen molar-refractivity contribution in [2.24, 2.45) is 0 Å². The number of nitrogens with one attached hydrogen (secondary N) is 1. The van der Waals surface area contributed by atoms with Gasteiger partial charge in [0.15, 0.2) is 18.5 Å². The molecule has 2 radical (unpaired) electrons. The smallest absolute Gasteiger partial charge is 0.649 e. The second-order valence-electron chi connectivity index (χ2n) is 29.0. The Labute approximate surface area is 769 Å². The second kappa shape index (κ2) is 37.0. The summed E-state index contributed by atoms with van der Waals surface area (Å²) in [6.45, 7) is 21.7. The molecule has 0 saturated heterocycles. The van der Waals surface area contributed by atoms with Crippen LogP contribution in [0.3, 0.4) is 0 Å². The van der Waals surface area contributed by atoms with Gasteiger partial charge >= 0.3 is 39.5 Å². The fraction of sp³-hybridized carbons (Fsp3) is 0. The summed E-state index contributed by atoms with van der Waals surface area (Å²) in [6.07, 6.45) is 1.77. The summed E-state index contributed by atoms with van der Waals surface area (Å²) in [7, 11) is 2.48. The summed E-state index contributed by atoms with van der Waals surface area (Å²) in [5.41, 5.74) is 15.0. The molecule has 7 aromatic heterocycles. The maximum absolute atomic E-state index is 9.30. The molecule has 131 heavy (non-hydrogen) atoms. The molecule has 0 atom stereocenters. The predicted molar refractivity (Wildman–Crippen MR) is 509 cm³/mol. The number of hydrogen-bond donors (Lipinski definition) is 1.